The van der Waals surface area contributed by atoms with E-state index in [1.54, 1.807) is 18.7 Å². The van der Waals surface area contributed by atoms with Gasteiger partial charge in [0, 0.05) is 32.6 Å². The highest BCUT2D eigenvalue weighted by Crippen LogP contribution is 2.35. The number of rotatable bonds is 8. The Bertz CT molecular complexity index is 692. The lowest BCUT2D eigenvalue weighted by molar-refractivity contribution is -0.186. The van der Waals surface area contributed by atoms with Crippen LogP contribution in [-0.4, -0.2) is 96.0 Å². The van der Waals surface area contributed by atoms with E-state index in [9.17, 15) is 15.0 Å². The highest BCUT2D eigenvalue weighted by Gasteiger charge is 2.48. The van der Waals surface area contributed by atoms with E-state index < -0.39 is 29.5 Å². The summed E-state index contributed by atoms with van der Waals surface area (Å²) in [5.41, 5.74) is 0.0813. The second-order valence-corrected chi connectivity index (χ2v) is 8.80. The number of aliphatic hydroxyl groups excluding tert-OH is 2. The molecular weight excluding hydrogens is 388 g/mol. The first-order chi connectivity index (χ1) is 14.2. The average Bonchev–Trinajstić information content (AvgIpc) is 3.02. The van der Waals surface area contributed by atoms with Crippen LogP contribution in [0.5, 0.6) is 0 Å². The predicted octanol–water partition coefficient (Wildman–Crippen LogP) is 0.611. The van der Waals surface area contributed by atoms with Crippen molar-refractivity contribution in [2.45, 2.75) is 50.5 Å². The summed E-state index contributed by atoms with van der Waals surface area (Å²) in [5.74, 6) is -1.28. The highest BCUT2D eigenvalue weighted by molar-refractivity contribution is 5.81. The molecule has 1 aromatic carbocycles. The Morgan fingerprint density at radius 2 is 1.83 bits per heavy atom. The van der Waals surface area contributed by atoms with Crippen LogP contribution in [0.3, 0.4) is 0 Å². The number of carbonyl (C=O) groups excluding carboxylic acids is 1. The van der Waals surface area contributed by atoms with Crippen molar-refractivity contribution in [1.29, 1.82) is 0 Å². The lowest BCUT2D eigenvalue weighted by Gasteiger charge is -2.36. The molecule has 2 N–H and O–H groups in total. The van der Waals surface area contributed by atoms with Crippen molar-refractivity contribution >= 4 is 5.91 Å². The fraction of sp³-hybridized carbons (Fsp3) is 0.682. The number of likely N-dealkylation sites (N-methyl/N-ethyl adjacent to an activating group) is 1. The topological polar surface area (TPSA) is 91.7 Å². The summed E-state index contributed by atoms with van der Waals surface area (Å²) in [6, 6.07) is 9.76. The second-order valence-electron chi connectivity index (χ2n) is 8.80. The van der Waals surface area contributed by atoms with Crippen molar-refractivity contribution in [3.8, 4) is 0 Å². The summed E-state index contributed by atoms with van der Waals surface area (Å²) in [7, 11) is 1.99. The molecule has 3 rings (SSSR count). The van der Waals surface area contributed by atoms with E-state index in [0.717, 1.165) is 18.7 Å². The molecule has 0 aliphatic carbocycles. The molecule has 1 aromatic rings. The molecule has 2 heterocycles. The van der Waals surface area contributed by atoms with Crippen LogP contribution in [0.25, 0.3) is 0 Å². The maximum absolute atomic E-state index is 12.6. The van der Waals surface area contributed by atoms with Gasteiger partial charge < -0.3 is 34.2 Å². The van der Waals surface area contributed by atoms with Gasteiger partial charge in [0.15, 0.2) is 11.9 Å². The number of hydrogen-bond acceptors (Lipinski definition) is 7. The maximum atomic E-state index is 12.6. The van der Waals surface area contributed by atoms with Gasteiger partial charge in [-0.1, -0.05) is 30.3 Å². The number of amides is 1. The zero-order valence-electron chi connectivity index (χ0n) is 18.1. The van der Waals surface area contributed by atoms with Gasteiger partial charge in [-0.3, -0.25) is 4.79 Å². The van der Waals surface area contributed by atoms with E-state index in [2.05, 4.69) is 4.90 Å². The molecule has 8 nitrogen and oxygen atoms in total. The molecule has 0 aromatic heterocycles. The van der Waals surface area contributed by atoms with E-state index in [-0.39, 0.29) is 19.6 Å². The Morgan fingerprint density at radius 1 is 1.17 bits per heavy atom. The Labute approximate surface area is 178 Å². The molecule has 0 spiro atoms. The quantitative estimate of drug-likeness (QED) is 0.634. The van der Waals surface area contributed by atoms with Crippen molar-refractivity contribution in [3.05, 3.63) is 35.9 Å². The van der Waals surface area contributed by atoms with Crippen molar-refractivity contribution in [1.82, 2.24) is 9.80 Å². The van der Waals surface area contributed by atoms with Gasteiger partial charge in [-0.25, -0.2) is 0 Å². The fourth-order valence-electron chi connectivity index (χ4n) is 3.92. The van der Waals surface area contributed by atoms with E-state index in [1.807, 2.05) is 37.4 Å². The van der Waals surface area contributed by atoms with E-state index in [4.69, 9.17) is 14.2 Å². The molecule has 2 saturated heterocycles. The van der Waals surface area contributed by atoms with Crippen LogP contribution >= 0.6 is 0 Å². The van der Waals surface area contributed by atoms with E-state index >= 15 is 0 Å². The summed E-state index contributed by atoms with van der Waals surface area (Å²) in [4.78, 5) is 16.4. The third-order valence-electron chi connectivity index (χ3n) is 5.64. The summed E-state index contributed by atoms with van der Waals surface area (Å²) < 4.78 is 17.7. The van der Waals surface area contributed by atoms with E-state index in [1.165, 1.54) is 0 Å². The minimum Gasteiger partial charge on any atom is -0.390 e. The third-order valence-corrected chi connectivity index (χ3v) is 5.64. The van der Waals surface area contributed by atoms with Crippen LogP contribution in [0, 0.1) is 0 Å². The molecule has 168 valence electrons. The molecule has 2 aliphatic heterocycles. The normalized spacial score (nSPS) is 26.5. The summed E-state index contributed by atoms with van der Waals surface area (Å²) in [5, 5.41) is 21.2. The van der Waals surface area contributed by atoms with Crippen molar-refractivity contribution in [2.24, 2.45) is 0 Å². The standard InChI is InChI=1S/C22H34N2O6/c1-21(2)29-16-22(30-21,15-28-14-17-7-5-4-6-8-17)13-18(25)19(26)20(27)24-11-9-23(3)10-12-24/h4-8,18-19,25-26H,9-16H2,1-3H3/t18-,19+,22+/m0/s1. The largest absolute Gasteiger partial charge is 0.390 e. The second kappa shape index (κ2) is 9.72. The molecule has 30 heavy (non-hydrogen) atoms. The van der Waals surface area contributed by atoms with Crippen LogP contribution in [0.1, 0.15) is 25.8 Å². The smallest absolute Gasteiger partial charge is 0.254 e. The Morgan fingerprint density at radius 3 is 2.43 bits per heavy atom. The first-order valence-electron chi connectivity index (χ1n) is 10.5. The lowest BCUT2D eigenvalue weighted by Crippen LogP contribution is -2.54. The van der Waals surface area contributed by atoms with Gasteiger partial charge in [0.1, 0.15) is 5.60 Å². The molecule has 0 radical (unpaired) electrons. The fourth-order valence-corrected chi connectivity index (χ4v) is 3.92. The Hall–Kier alpha value is -1.55. The first kappa shape index (κ1) is 23.1. The summed E-state index contributed by atoms with van der Waals surface area (Å²) in [6.07, 6.45) is -2.76. The predicted molar refractivity (Wildman–Crippen MR) is 111 cm³/mol. The molecule has 0 unspecified atom stereocenters. The lowest BCUT2D eigenvalue weighted by atomic mass is 9.94. The molecule has 1 amide bonds. The molecule has 0 bridgehead atoms. The van der Waals surface area contributed by atoms with Gasteiger partial charge in [0.05, 0.1) is 25.9 Å². The van der Waals surface area contributed by atoms with Crippen LogP contribution in [-0.2, 0) is 25.6 Å². The number of aliphatic hydroxyl groups is 2. The number of hydrogen-bond donors (Lipinski definition) is 2. The SMILES string of the molecule is CN1CCN(C(=O)[C@H](O)[C@@H](O)C[C@@]2(COCc3ccccc3)COC(C)(C)O2)CC1. The molecule has 8 heteroatoms. The zero-order valence-corrected chi connectivity index (χ0v) is 18.1. The van der Waals surface area contributed by atoms with Crippen molar-refractivity contribution in [3.63, 3.8) is 0 Å². The van der Waals surface area contributed by atoms with Crippen LogP contribution in [0.15, 0.2) is 30.3 Å². The van der Waals surface area contributed by atoms with Crippen LogP contribution < -0.4 is 0 Å². The minimum atomic E-state index is -1.51. The first-order valence-corrected chi connectivity index (χ1v) is 10.5. The van der Waals surface area contributed by atoms with E-state index in [0.29, 0.717) is 19.7 Å². The van der Waals surface area contributed by atoms with Crippen LogP contribution in [0.4, 0.5) is 0 Å². The van der Waals surface area contributed by atoms with Gasteiger partial charge in [-0.2, -0.15) is 0 Å². The number of ether oxygens (including phenoxy) is 3. The number of benzene rings is 1. The van der Waals surface area contributed by atoms with Crippen LogP contribution in [0.2, 0.25) is 0 Å². The molecule has 0 saturated carbocycles. The van der Waals surface area contributed by atoms with Crippen molar-refractivity contribution in [2.75, 3.05) is 46.4 Å². The van der Waals surface area contributed by atoms with Gasteiger partial charge in [-0.05, 0) is 26.5 Å². The van der Waals surface area contributed by atoms with Gasteiger partial charge >= 0.3 is 0 Å². The molecular formula is C22H34N2O6. The van der Waals surface area contributed by atoms with Gasteiger partial charge in [0.2, 0.25) is 0 Å². The zero-order chi connectivity index (χ0) is 21.8. The maximum Gasteiger partial charge on any atom is 0.254 e. The number of carbonyl (C=O) groups is 1. The number of nitrogens with zero attached hydrogens (tertiary/aromatic N) is 2. The third kappa shape index (κ3) is 6.00. The molecule has 2 fully saturated rings. The summed E-state index contributed by atoms with van der Waals surface area (Å²) in [6.45, 7) is 6.95. The summed E-state index contributed by atoms with van der Waals surface area (Å²) >= 11 is 0. The molecule has 2 aliphatic rings. The minimum absolute atomic E-state index is 0.0336. The number of piperazine rings is 1. The van der Waals surface area contributed by atoms with Gasteiger partial charge in [0.25, 0.3) is 5.91 Å². The average molecular weight is 423 g/mol. The Balaban J connectivity index is 1.60. The highest BCUT2D eigenvalue weighted by atomic mass is 16.8. The van der Waals surface area contributed by atoms with Crippen molar-refractivity contribution < 1.29 is 29.2 Å². The Kier molecular flexibility index (Phi) is 7.49. The van der Waals surface area contributed by atoms with Gasteiger partial charge in [-0.15, -0.1) is 0 Å². The monoisotopic (exact) mass is 422 g/mol. The molecule has 3 atom stereocenters.